The number of hydrogen-bond acceptors (Lipinski definition) is 7. The lowest BCUT2D eigenvalue weighted by Crippen LogP contribution is -2.01. The fourth-order valence-electron chi connectivity index (χ4n) is 2.16. The molecule has 9 heteroatoms. The Balaban J connectivity index is 1.91. The van der Waals surface area contributed by atoms with Gasteiger partial charge in [0.1, 0.15) is 0 Å². The number of aromatic nitrogens is 4. The maximum Gasteiger partial charge on any atom is 0.300 e. The quantitative estimate of drug-likeness (QED) is 0.575. The number of anilines is 1. The van der Waals surface area contributed by atoms with E-state index in [4.69, 9.17) is 0 Å². The van der Waals surface area contributed by atoms with Gasteiger partial charge in [-0.3, -0.25) is 14.8 Å². The van der Waals surface area contributed by atoms with Gasteiger partial charge in [0.2, 0.25) is 5.52 Å². The standard InChI is InChI=1S/C12H12N6O3/c1-7-8(6-17(2)14-7)5-13-9-3-4-10(18(19)20)12-11(9)15-21-16-12/h3-4,6,13H,5H2,1-2H3. The molecule has 0 bridgehead atoms. The first kappa shape index (κ1) is 13.0. The molecule has 0 unspecified atom stereocenters. The largest absolute Gasteiger partial charge is 0.379 e. The SMILES string of the molecule is Cc1nn(C)cc1CNc1ccc([N+](=O)[O-])c2nonc12. The van der Waals surface area contributed by atoms with Gasteiger partial charge in [0.25, 0.3) is 0 Å². The third kappa shape index (κ3) is 2.29. The van der Waals surface area contributed by atoms with Crippen LogP contribution in [0.1, 0.15) is 11.3 Å². The molecule has 0 aliphatic rings. The molecule has 108 valence electrons. The molecule has 0 aliphatic heterocycles. The van der Waals surface area contributed by atoms with Crippen LogP contribution >= 0.6 is 0 Å². The van der Waals surface area contributed by atoms with Gasteiger partial charge in [-0.25, -0.2) is 4.63 Å². The predicted molar refractivity (Wildman–Crippen MR) is 73.7 cm³/mol. The highest BCUT2D eigenvalue weighted by molar-refractivity contribution is 5.93. The van der Waals surface area contributed by atoms with E-state index in [0.717, 1.165) is 11.3 Å². The highest BCUT2D eigenvalue weighted by Crippen LogP contribution is 2.29. The molecule has 9 nitrogen and oxygen atoms in total. The molecule has 21 heavy (non-hydrogen) atoms. The molecule has 0 aliphatic carbocycles. The molecule has 0 radical (unpaired) electrons. The summed E-state index contributed by atoms with van der Waals surface area (Å²) in [5.41, 5.74) is 2.91. The molecule has 0 saturated heterocycles. The van der Waals surface area contributed by atoms with Crippen LogP contribution in [0.15, 0.2) is 23.0 Å². The minimum absolute atomic E-state index is 0.130. The molecule has 0 amide bonds. The fraction of sp³-hybridized carbons (Fsp3) is 0.250. The van der Waals surface area contributed by atoms with Gasteiger partial charge >= 0.3 is 5.69 Å². The van der Waals surface area contributed by atoms with Gasteiger partial charge in [0.15, 0.2) is 5.52 Å². The Bertz CT molecular complexity index is 822. The number of rotatable bonds is 4. The van der Waals surface area contributed by atoms with E-state index < -0.39 is 4.92 Å². The van der Waals surface area contributed by atoms with Crippen molar-refractivity contribution < 1.29 is 9.55 Å². The topological polar surface area (TPSA) is 112 Å². The number of aryl methyl sites for hydroxylation is 2. The van der Waals surface area contributed by atoms with Crippen LogP contribution in [0.5, 0.6) is 0 Å². The van der Waals surface area contributed by atoms with E-state index in [1.807, 2.05) is 20.2 Å². The lowest BCUT2D eigenvalue weighted by atomic mass is 10.2. The van der Waals surface area contributed by atoms with Crippen LogP contribution in [0.2, 0.25) is 0 Å². The molecule has 3 rings (SSSR count). The van der Waals surface area contributed by atoms with Gasteiger partial charge < -0.3 is 5.32 Å². The van der Waals surface area contributed by atoms with Gasteiger partial charge in [-0.15, -0.1) is 0 Å². The van der Waals surface area contributed by atoms with Gasteiger partial charge in [-0.1, -0.05) is 0 Å². The van der Waals surface area contributed by atoms with Gasteiger partial charge in [0, 0.05) is 31.4 Å². The van der Waals surface area contributed by atoms with Crippen molar-refractivity contribution >= 4 is 22.4 Å². The second-order valence-electron chi connectivity index (χ2n) is 4.62. The highest BCUT2D eigenvalue weighted by Gasteiger charge is 2.19. The molecule has 1 N–H and O–H groups in total. The van der Waals surface area contributed by atoms with Crippen molar-refractivity contribution in [3.05, 3.63) is 39.7 Å². The molecule has 2 aromatic heterocycles. The van der Waals surface area contributed by atoms with E-state index >= 15 is 0 Å². The number of nitrogens with zero attached hydrogens (tertiary/aromatic N) is 5. The molecular formula is C12H12N6O3. The van der Waals surface area contributed by atoms with Crippen LogP contribution in [0.4, 0.5) is 11.4 Å². The highest BCUT2D eigenvalue weighted by atomic mass is 16.6. The van der Waals surface area contributed by atoms with Crippen LogP contribution in [0.25, 0.3) is 11.0 Å². The van der Waals surface area contributed by atoms with E-state index in [-0.39, 0.29) is 11.2 Å². The normalized spacial score (nSPS) is 11.0. The maximum atomic E-state index is 10.9. The van der Waals surface area contributed by atoms with E-state index in [1.165, 1.54) is 6.07 Å². The number of non-ortho nitro benzene ring substituents is 1. The maximum absolute atomic E-state index is 10.9. The van der Waals surface area contributed by atoms with Crippen molar-refractivity contribution in [3.63, 3.8) is 0 Å². The third-order valence-electron chi connectivity index (χ3n) is 3.18. The lowest BCUT2D eigenvalue weighted by Gasteiger charge is -2.05. The smallest absolute Gasteiger partial charge is 0.300 e. The third-order valence-corrected chi connectivity index (χ3v) is 3.18. The van der Waals surface area contributed by atoms with E-state index in [2.05, 4.69) is 25.4 Å². The van der Waals surface area contributed by atoms with Crippen LogP contribution in [-0.4, -0.2) is 25.0 Å². The summed E-state index contributed by atoms with van der Waals surface area (Å²) in [4.78, 5) is 10.4. The van der Waals surface area contributed by atoms with Crippen molar-refractivity contribution in [2.75, 3.05) is 5.32 Å². The Morgan fingerprint density at radius 1 is 1.38 bits per heavy atom. The first-order valence-corrected chi connectivity index (χ1v) is 6.19. The van der Waals surface area contributed by atoms with Crippen LogP contribution in [-0.2, 0) is 13.6 Å². The van der Waals surface area contributed by atoms with Crippen molar-refractivity contribution in [2.45, 2.75) is 13.5 Å². The summed E-state index contributed by atoms with van der Waals surface area (Å²) in [6.45, 7) is 2.44. The zero-order chi connectivity index (χ0) is 15.0. The summed E-state index contributed by atoms with van der Waals surface area (Å²) in [6.07, 6.45) is 1.91. The number of nitro benzene ring substituents is 1. The summed E-state index contributed by atoms with van der Waals surface area (Å²) in [5.74, 6) is 0. The average molecular weight is 288 g/mol. The number of hydrogen-bond donors (Lipinski definition) is 1. The molecule has 0 saturated carbocycles. The minimum Gasteiger partial charge on any atom is -0.379 e. The predicted octanol–water partition coefficient (Wildman–Crippen LogP) is 1.79. The van der Waals surface area contributed by atoms with Crippen LogP contribution < -0.4 is 5.32 Å². The first-order chi connectivity index (χ1) is 10.1. The molecule has 3 aromatic rings. The number of nitrogens with one attached hydrogen (secondary N) is 1. The van der Waals surface area contributed by atoms with E-state index in [9.17, 15) is 10.1 Å². The number of fused-ring (bicyclic) bond motifs is 1. The second kappa shape index (κ2) is 4.85. The monoisotopic (exact) mass is 288 g/mol. The summed E-state index contributed by atoms with van der Waals surface area (Å²) in [7, 11) is 1.85. The summed E-state index contributed by atoms with van der Waals surface area (Å²) >= 11 is 0. The molecule has 2 heterocycles. The molecule has 1 aromatic carbocycles. The summed E-state index contributed by atoms with van der Waals surface area (Å²) in [6, 6.07) is 2.97. The van der Waals surface area contributed by atoms with Crippen LogP contribution in [0, 0.1) is 17.0 Å². The Morgan fingerprint density at radius 2 is 2.14 bits per heavy atom. The number of nitro groups is 1. The Labute approximate surface area is 118 Å². The minimum atomic E-state index is -0.512. The number of benzene rings is 1. The fourth-order valence-corrected chi connectivity index (χ4v) is 2.16. The average Bonchev–Trinajstić information content (AvgIpc) is 3.02. The van der Waals surface area contributed by atoms with E-state index in [1.54, 1.807) is 10.7 Å². The van der Waals surface area contributed by atoms with E-state index in [0.29, 0.717) is 17.7 Å². The zero-order valence-electron chi connectivity index (χ0n) is 11.4. The zero-order valence-corrected chi connectivity index (χ0v) is 11.4. The Morgan fingerprint density at radius 3 is 2.81 bits per heavy atom. The Kier molecular flexibility index (Phi) is 3.01. The molecule has 0 atom stereocenters. The lowest BCUT2D eigenvalue weighted by molar-refractivity contribution is -0.383. The van der Waals surface area contributed by atoms with Gasteiger partial charge in [0.05, 0.1) is 16.3 Å². The van der Waals surface area contributed by atoms with Crippen molar-refractivity contribution in [3.8, 4) is 0 Å². The molecule has 0 spiro atoms. The second-order valence-corrected chi connectivity index (χ2v) is 4.62. The first-order valence-electron chi connectivity index (χ1n) is 6.19. The van der Waals surface area contributed by atoms with Gasteiger partial charge in [-0.05, 0) is 23.3 Å². The van der Waals surface area contributed by atoms with Gasteiger partial charge in [-0.2, -0.15) is 5.10 Å². The summed E-state index contributed by atoms with van der Waals surface area (Å²) in [5, 5.41) is 25.7. The molecule has 0 fully saturated rings. The van der Waals surface area contributed by atoms with Crippen molar-refractivity contribution in [1.82, 2.24) is 20.1 Å². The summed E-state index contributed by atoms with van der Waals surface area (Å²) < 4.78 is 6.35. The van der Waals surface area contributed by atoms with Crippen LogP contribution in [0.3, 0.4) is 0 Å². The van der Waals surface area contributed by atoms with Crippen molar-refractivity contribution in [2.24, 2.45) is 7.05 Å². The molecular weight excluding hydrogens is 276 g/mol. The van der Waals surface area contributed by atoms with Crippen molar-refractivity contribution in [1.29, 1.82) is 0 Å². The Hall–Kier alpha value is -2.97.